The topological polar surface area (TPSA) is 54.5 Å². The van der Waals surface area contributed by atoms with Crippen molar-refractivity contribution < 1.29 is 14.4 Å². The first-order valence-electron chi connectivity index (χ1n) is 7.14. The van der Waals surface area contributed by atoms with Gasteiger partial charge in [-0.05, 0) is 10.8 Å². The fraction of sp³-hybridized carbons (Fsp3) is 0.812. The van der Waals surface area contributed by atoms with E-state index in [9.17, 15) is 14.4 Å². The van der Waals surface area contributed by atoms with Gasteiger partial charge in [0.15, 0.2) is 5.78 Å². The van der Waals surface area contributed by atoms with Crippen molar-refractivity contribution in [1.29, 1.82) is 0 Å². The molecule has 0 spiro atoms. The molecule has 0 aromatic heterocycles. The Balaban J connectivity index is 0.000000621. The predicted molar refractivity (Wildman–Crippen MR) is 80.2 cm³/mol. The molecule has 1 heterocycles. The van der Waals surface area contributed by atoms with Gasteiger partial charge in [-0.3, -0.25) is 19.3 Å². The van der Waals surface area contributed by atoms with Crippen LogP contribution in [0, 0.1) is 10.8 Å². The third kappa shape index (κ3) is 9.70. The third-order valence-electron chi connectivity index (χ3n) is 2.22. The molecule has 0 unspecified atom stereocenters. The third-order valence-corrected chi connectivity index (χ3v) is 2.22. The van der Waals surface area contributed by atoms with Crippen molar-refractivity contribution >= 4 is 17.6 Å². The van der Waals surface area contributed by atoms with Gasteiger partial charge in [-0.15, -0.1) is 0 Å². The lowest BCUT2D eigenvalue weighted by atomic mass is 9.90. The lowest BCUT2D eigenvalue weighted by Gasteiger charge is -2.19. The minimum absolute atomic E-state index is 0.0467. The van der Waals surface area contributed by atoms with E-state index in [1.165, 1.54) is 0 Å². The molecule has 0 aliphatic carbocycles. The number of rotatable bonds is 3. The summed E-state index contributed by atoms with van der Waals surface area (Å²) >= 11 is 0. The van der Waals surface area contributed by atoms with Gasteiger partial charge in [-0.2, -0.15) is 0 Å². The fourth-order valence-corrected chi connectivity index (χ4v) is 1.62. The van der Waals surface area contributed by atoms with E-state index in [-0.39, 0.29) is 42.4 Å². The number of likely N-dealkylation sites (tertiary alicyclic amines) is 1. The molecule has 1 saturated heterocycles. The SMILES string of the molecule is CC(C)(C)C.CC(C)(C)CC(=O)CN1C(=O)CCC1=O. The molecule has 0 bridgehead atoms. The molecule has 0 aromatic rings. The van der Waals surface area contributed by atoms with Crippen LogP contribution in [0.2, 0.25) is 0 Å². The molecule has 4 nitrogen and oxygen atoms in total. The van der Waals surface area contributed by atoms with Gasteiger partial charge in [0.05, 0.1) is 6.54 Å². The molecule has 0 N–H and O–H groups in total. The van der Waals surface area contributed by atoms with Gasteiger partial charge in [0.1, 0.15) is 0 Å². The second-order valence-electron chi connectivity index (χ2n) is 8.15. The number of amides is 2. The van der Waals surface area contributed by atoms with Gasteiger partial charge in [-0.25, -0.2) is 0 Å². The molecule has 2 amide bonds. The fourth-order valence-electron chi connectivity index (χ4n) is 1.62. The Bertz CT molecular complexity index is 350. The number of nitrogens with zero attached hydrogens (tertiary/aromatic N) is 1. The van der Waals surface area contributed by atoms with Crippen LogP contribution >= 0.6 is 0 Å². The molecule has 1 fully saturated rings. The normalized spacial score (nSPS) is 16.1. The summed E-state index contributed by atoms with van der Waals surface area (Å²) in [5.41, 5.74) is 0.406. The van der Waals surface area contributed by atoms with Crippen LogP contribution < -0.4 is 0 Å². The highest BCUT2D eigenvalue weighted by Gasteiger charge is 2.31. The minimum atomic E-state index is -0.220. The Hall–Kier alpha value is -1.19. The van der Waals surface area contributed by atoms with Gasteiger partial charge in [0, 0.05) is 19.3 Å². The molecule has 1 rings (SSSR count). The summed E-state index contributed by atoms with van der Waals surface area (Å²) in [6, 6.07) is 0. The maximum atomic E-state index is 11.6. The summed E-state index contributed by atoms with van der Waals surface area (Å²) in [6.07, 6.45) is 0.896. The second kappa shape index (κ2) is 7.00. The molecule has 20 heavy (non-hydrogen) atoms. The van der Waals surface area contributed by atoms with Crippen molar-refractivity contribution in [1.82, 2.24) is 4.90 Å². The summed E-state index contributed by atoms with van der Waals surface area (Å²) in [5, 5.41) is 0. The quantitative estimate of drug-likeness (QED) is 0.747. The Labute approximate surface area is 122 Å². The van der Waals surface area contributed by atoms with E-state index in [2.05, 4.69) is 27.7 Å². The average Bonchev–Trinajstić information content (AvgIpc) is 2.43. The number of carbonyl (C=O) groups is 3. The second-order valence-corrected chi connectivity index (χ2v) is 8.15. The van der Waals surface area contributed by atoms with E-state index in [0.717, 1.165) is 4.90 Å². The van der Waals surface area contributed by atoms with E-state index in [4.69, 9.17) is 0 Å². The van der Waals surface area contributed by atoms with Crippen LogP contribution in [0.15, 0.2) is 0 Å². The summed E-state index contributed by atoms with van der Waals surface area (Å²) in [4.78, 5) is 35.1. The monoisotopic (exact) mass is 283 g/mol. The first-order chi connectivity index (χ1) is 8.79. The van der Waals surface area contributed by atoms with Gasteiger partial charge in [0.25, 0.3) is 0 Å². The van der Waals surface area contributed by atoms with E-state index in [1.807, 2.05) is 20.8 Å². The number of hydrogen-bond donors (Lipinski definition) is 0. The zero-order valence-electron chi connectivity index (χ0n) is 14.0. The molecular weight excluding hydrogens is 254 g/mol. The molecule has 0 saturated carbocycles. The largest absolute Gasteiger partial charge is 0.298 e. The lowest BCUT2D eigenvalue weighted by Crippen LogP contribution is -2.35. The van der Waals surface area contributed by atoms with Crippen molar-refractivity contribution in [3.63, 3.8) is 0 Å². The van der Waals surface area contributed by atoms with E-state index in [1.54, 1.807) is 0 Å². The summed E-state index contributed by atoms with van der Waals surface area (Å²) in [6.45, 7) is 14.6. The summed E-state index contributed by atoms with van der Waals surface area (Å²) in [5.74, 6) is -0.490. The van der Waals surface area contributed by atoms with Crippen LogP contribution in [-0.4, -0.2) is 29.0 Å². The molecule has 1 aliphatic heterocycles. The molecule has 4 heteroatoms. The maximum Gasteiger partial charge on any atom is 0.230 e. The number of hydrogen-bond acceptors (Lipinski definition) is 3. The molecule has 0 radical (unpaired) electrons. The first-order valence-corrected chi connectivity index (χ1v) is 7.14. The smallest absolute Gasteiger partial charge is 0.230 e. The predicted octanol–water partition coefficient (Wildman–Crippen LogP) is 3.19. The Kier molecular flexibility index (Phi) is 6.59. The van der Waals surface area contributed by atoms with Crippen LogP contribution in [0.5, 0.6) is 0 Å². The minimum Gasteiger partial charge on any atom is -0.298 e. The van der Waals surface area contributed by atoms with E-state index in [0.29, 0.717) is 11.8 Å². The standard InChI is InChI=1S/C11H17NO3.C5H12/c1-11(2,3)6-8(13)7-12-9(14)4-5-10(12)15;1-5(2,3)4/h4-7H2,1-3H3;1-4H3. The molecular formula is C16H29NO3. The van der Waals surface area contributed by atoms with Crippen molar-refractivity contribution in [2.24, 2.45) is 10.8 Å². The summed E-state index contributed by atoms with van der Waals surface area (Å²) < 4.78 is 0. The summed E-state index contributed by atoms with van der Waals surface area (Å²) in [7, 11) is 0. The van der Waals surface area contributed by atoms with Gasteiger partial charge in [-0.1, -0.05) is 48.5 Å². The average molecular weight is 283 g/mol. The van der Waals surface area contributed by atoms with Crippen molar-refractivity contribution in [2.75, 3.05) is 6.54 Å². The van der Waals surface area contributed by atoms with Crippen LogP contribution in [0.3, 0.4) is 0 Å². The van der Waals surface area contributed by atoms with Gasteiger partial charge >= 0.3 is 0 Å². The highest BCUT2D eigenvalue weighted by molar-refractivity contribution is 6.04. The highest BCUT2D eigenvalue weighted by Crippen LogP contribution is 2.20. The highest BCUT2D eigenvalue weighted by atomic mass is 16.2. The number of ketones is 1. The van der Waals surface area contributed by atoms with Gasteiger partial charge < -0.3 is 0 Å². The molecule has 116 valence electrons. The van der Waals surface area contributed by atoms with E-state index >= 15 is 0 Å². The van der Waals surface area contributed by atoms with Crippen LogP contribution in [0.25, 0.3) is 0 Å². The van der Waals surface area contributed by atoms with Crippen LogP contribution in [0.4, 0.5) is 0 Å². The zero-order chi connectivity index (χ0) is 16.1. The van der Waals surface area contributed by atoms with Crippen molar-refractivity contribution in [2.45, 2.75) is 67.7 Å². The number of carbonyl (C=O) groups excluding carboxylic acids is 3. The number of Topliss-reactive ketones (excluding diaryl/α,β-unsaturated/α-hetero) is 1. The maximum absolute atomic E-state index is 11.6. The van der Waals surface area contributed by atoms with Crippen molar-refractivity contribution in [3.05, 3.63) is 0 Å². The molecule has 0 aromatic carbocycles. The first kappa shape index (κ1) is 18.8. The van der Waals surface area contributed by atoms with E-state index < -0.39 is 0 Å². The Morgan fingerprint density at radius 1 is 0.950 bits per heavy atom. The lowest BCUT2D eigenvalue weighted by molar-refractivity contribution is -0.142. The Morgan fingerprint density at radius 2 is 1.30 bits per heavy atom. The molecule has 1 aliphatic rings. The number of imide groups is 1. The van der Waals surface area contributed by atoms with Crippen LogP contribution in [-0.2, 0) is 14.4 Å². The Morgan fingerprint density at radius 3 is 1.60 bits per heavy atom. The van der Waals surface area contributed by atoms with Crippen LogP contribution in [0.1, 0.15) is 67.7 Å². The van der Waals surface area contributed by atoms with Crippen molar-refractivity contribution in [3.8, 4) is 0 Å². The van der Waals surface area contributed by atoms with Gasteiger partial charge in [0.2, 0.25) is 11.8 Å². The zero-order valence-corrected chi connectivity index (χ0v) is 14.0. The molecule has 0 atom stereocenters.